The summed E-state index contributed by atoms with van der Waals surface area (Å²) in [5.41, 5.74) is 5.75. The molecular formula is C23H28N4O4. The van der Waals surface area contributed by atoms with Crippen molar-refractivity contribution in [3.05, 3.63) is 59.2 Å². The summed E-state index contributed by atoms with van der Waals surface area (Å²) in [7, 11) is 0. The van der Waals surface area contributed by atoms with Gasteiger partial charge >= 0.3 is 11.8 Å². The van der Waals surface area contributed by atoms with Crippen molar-refractivity contribution in [1.82, 2.24) is 10.7 Å². The summed E-state index contributed by atoms with van der Waals surface area (Å²) >= 11 is 0. The third kappa shape index (κ3) is 7.58. The number of anilines is 1. The van der Waals surface area contributed by atoms with Gasteiger partial charge < -0.3 is 15.4 Å². The van der Waals surface area contributed by atoms with E-state index < -0.39 is 11.8 Å². The molecule has 0 aliphatic heterocycles. The van der Waals surface area contributed by atoms with E-state index in [-0.39, 0.29) is 18.6 Å². The van der Waals surface area contributed by atoms with E-state index in [1.165, 1.54) is 6.21 Å². The molecule has 8 heteroatoms. The maximum atomic E-state index is 12.1. The summed E-state index contributed by atoms with van der Waals surface area (Å²) in [6, 6.07) is 12.4. The Morgan fingerprint density at radius 1 is 1.06 bits per heavy atom. The zero-order chi connectivity index (χ0) is 22.8. The lowest BCUT2D eigenvalue weighted by molar-refractivity contribution is -0.139. The maximum Gasteiger partial charge on any atom is 0.329 e. The number of nitrogens with zero attached hydrogens (tertiary/aromatic N) is 1. The quantitative estimate of drug-likeness (QED) is 0.344. The van der Waals surface area contributed by atoms with Crippen LogP contribution in [0, 0.1) is 13.8 Å². The summed E-state index contributed by atoms with van der Waals surface area (Å²) in [5.74, 6) is -1.29. The number of carbonyl (C=O) groups is 3. The minimum Gasteiger partial charge on any atom is -0.484 e. The van der Waals surface area contributed by atoms with Crippen molar-refractivity contribution in [2.24, 2.45) is 5.10 Å². The van der Waals surface area contributed by atoms with Gasteiger partial charge in [0.05, 0.1) is 6.21 Å². The number of benzene rings is 2. The van der Waals surface area contributed by atoms with E-state index in [0.717, 1.165) is 23.2 Å². The number of hydrazone groups is 1. The summed E-state index contributed by atoms with van der Waals surface area (Å²) in [6.07, 6.45) is 2.13. The molecule has 2 aromatic carbocycles. The predicted molar refractivity (Wildman–Crippen MR) is 120 cm³/mol. The van der Waals surface area contributed by atoms with E-state index in [1.54, 1.807) is 24.3 Å². The summed E-state index contributed by atoms with van der Waals surface area (Å²) in [4.78, 5) is 35.4. The van der Waals surface area contributed by atoms with Crippen LogP contribution in [-0.2, 0) is 14.4 Å². The van der Waals surface area contributed by atoms with Crippen LogP contribution in [0.3, 0.4) is 0 Å². The van der Waals surface area contributed by atoms with Crippen molar-refractivity contribution in [1.29, 1.82) is 0 Å². The van der Waals surface area contributed by atoms with E-state index in [0.29, 0.717) is 11.3 Å². The summed E-state index contributed by atoms with van der Waals surface area (Å²) in [5, 5.41) is 9.16. The van der Waals surface area contributed by atoms with Gasteiger partial charge in [-0.3, -0.25) is 14.4 Å². The van der Waals surface area contributed by atoms with Crippen molar-refractivity contribution in [3.8, 4) is 5.75 Å². The first-order valence-electron chi connectivity index (χ1n) is 10.0. The molecule has 164 valence electrons. The Kier molecular flexibility index (Phi) is 8.75. The Morgan fingerprint density at radius 2 is 1.77 bits per heavy atom. The molecule has 0 radical (unpaired) electrons. The SMILES string of the molecule is CC[C@H](C)NC(=O)C(=O)N/N=C\c1ccc(OCC(=O)Nc2cccc(C)c2C)cc1. The van der Waals surface area contributed by atoms with E-state index in [2.05, 4.69) is 21.2 Å². The number of hydrogen-bond acceptors (Lipinski definition) is 5. The van der Waals surface area contributed by atoms with Gasteiger partial charge in [-0.25, -0.2) is 5.43 Å². The zero-order valence-corrected chi connectivity index (χ0v) is 18.2. The van der Waals surface area contributed by atoms with Crippen molar-refractivity contribution in [3.63, 3.8) is 0 Å². The minimum absolute atomic E-state index is 0.0855. The van der Waals surface area contributed by atoms with Gasteiger partial charge in [0, 0.05) is 11.7 Å². The Balaban J connectivity index is 1.80. The standard InChI is InChI=1S/C23H28N4O4/c1-5-16(3)25-22(29)23(30)27-24-13-18-9-11-19(12-10-18)31-14-21(28)26-20-8-6-7-15(2)17(20)4/h6-13,16H,5,14H2,1-4H3,(H,25,29)(H,26,28)(H,27,30)/b24-13-/t16-/m0/s1. The first-order valence-corrected chi connectivity index (χ1v) is 10.0. The molecule has 0 saturated carbocycles. The fourth-order valence-corrected chi connectivity index (χ4v) is 2.48. The third-order valence-corrected chi connectivity index (χ3v) is 4.70. The second kappa shape index (κ2) is 11.5. The number of aryl methyl sites for hydroxylation is 1. The average Bonchev–Trinajstić information content (AvgIpc) is 2.76. The molecule has 0 spiro atoms. The van der Waals surface area contributed by atoms with Crippen molar-refractivity contribution in [2.75, 3.05) is 11.9 Å². The van der Waals surface area contributed by atoms with Gasteiger partial charge in [0.2, 0.25) is 0 Å². The molecule has 3 N–H and O–H groups in total. The van der Waals surface area contributed by atoms with Crippen LogP contribution in [0.25, 0.3) is 0 Å². The lowest BCUT2D eigenvalue weighted by atomic mass is 10.1. The fourth-order valence-electron chi connectivity index (χ4n) is 2.48. The van der Waals surface area contributed by atoms with E-state index in [4.69, 9.17) is 4.74 Å². The van der Waals surface area contributed by atoms with Crippen LogP contribution in [-0.4, -0.2) is 36.6 Å². The summed E-state index contributed by atoms with van der Waals surface area (Å²) < 4.78 is 5.51. The molecular weight excluding hydrogens is 396 g/mol. The molecule has 0 heterocycles. The largest absolute Gasteiger partial charge is 0.484 e. The van der Waals surface area contributed by atoms with E-state index >= 15 is 0 Å². The first kappa shape index (κ1) is 23.6. The van der Waals surface area contributed by atoms with Crippen LogP contribution < -0.4 is 20.8 Å². The molecule has 1 atom stereocenters. The molecule has 0 aliphatic rings. The first-order chi connectivity index (χ1) is 14.8. The minimum atomic E-state index is -0.827. The summed E-state index contributed by atoms with van der Waals surface area (Å²) in [6.45, 7) is 7.53. The van der Waals surface area contributed by atoms with Gasteiger partial charge in [0.15, 0.2) is 6.61 Å². The van der Waals surface area contributed by atoms with Crippen molar-refractivity contribution in [2.45, 2.75) is 40.2 Å². The van der Waals surface area contributed by atoms with Crippen LogP contribution in [0.2, 0.25) is 0 Å². The van der Waals surface area contributed by atoms with E-state index in [1.807, 2.05) is 45.9 Å². The third-order valence-electron chi connectivity index (χ3n) is 4.70. The van der Waals surface area contributed by atoms with Crippen LogP contribution >= 0.6 is 0 Å². The van der Waals surface area contributed by atoms with Crippen LogP contribution in [0.1, 0.15) is 37.0 Å². The van der Waals surface area contributed by atoms with Crippen LogP contribution in [0.4, 0.5) is 5.69 Å². The number of rotatable bonds is 8. The van der Waals surface area contributed by atoms with Gasteiger partial charge in [0.25, 0.3) is 5.91 Å². The van der Waals surface area contributed by atoms with Gasteiger partial charge in [0.1, 0.15) is 5.75 Å². The molecule has 2 rings (SSSR count). The van der Waals surface area contributed by atoms with E-state index in [9.17, 15) is 14.4 Å². The van der Waals surface area contributed by atoms with Gasteiger partial charge in [-0.15, -0.1) is 0 Å². The molecule has 31 heavy (non-hydrogen) atoms. The number of hydrogen-bond donors (Lipinski definition) is 3. The normalized spacial score (nSPS) is 11.6. The molecule has 2 aromatic rings. The Bertz CT molecular complexity index is 955. The topological polar surface area (TPSA) is 109 Å². The fraction of sp³-hybridized carbons (Fsp3) is 0.304. The highest BCUT2D eigenvalue weighted by Crippen LogP contribution is 2.18. The molecule has 0 bridgehead atoms. The maximum absolute atomic E-state index is 12.1. The molecule has 0 aliphatic carbocycles. The molecule has 0 fully saturated rings. The van der Waals surface area contributed by atoms with Gasteiger partial charge in [-0.1, -0.05) is 19.1 Å². The molecule has 0 saturated heterocycles. The molecule has 3 amide bonds. The van der Waals surface area contributed by atoms with Crippen LogP contribution in [0.15, 0.2) is 47.6 Å². The van der Waals surface area contributed by atoms with Crippen LogP contribution in [0.5, 0.6) is 5.75 Å². The number of carbonyl (C=O) groups excluding carboxylic acids is 3. The smallest absolute Gasteiger partial charge is 0.329 e. The second-order valence-corrected chi connectivity index (χ2v) is 7.14. The predicted octanol–water partition coefficient (Wildman–Crippen LogP) is 2.69. The average molecular weight is 425 g/mol. The highest BCUT2D eigenvalue weighted by molar-refractivity contribution is 6.35. The lowest BCUT2D eigenvalue weighted by Crippen LogP contribution is -2.41. The van der Waals surface area contributed by atoms with Gasteiger partial charge in [-0.2, -0.15) is 5.10 Å². The van der Waals surface area contributed by atoms with Crippen molar-refractivity contribution >= 4 is 29.6 Å². The monoisotopic (exact) mass is 424 g/mol. The highest BCUT2D eigenvalue weighted by atomic mass is 16.5. The number of ether oxygens (including phenoxy) is 1. The molecule has 0 aromatic heterocycles. The Labute approximate surface area is 182 Å². The highest BCUT2D eigenvalue weighted by Gasteiger charge is 2.14. The lowest BCUT2D eigenvalue weighted by Gasteiger charge is -2.11. The van der Waals surface area contributed by atoms with Crippen molar-refractivity contribution < 1.29 is 19.1 Å². The second-order valence-electron chi connectivity index (χ2n) is 7.14. The number of amides is 3. The number of nitrogens with one attached hydrogen (secondary N) is 3. The molecule has 0 unspecified atom stereocenters. The zero-order valence-electron chi connectivity index (χ0n) is 18.2. The Morgan fingerprint density at radius 3 is 2.45 bits per heavy atom. The molecule has 8 nitrogen and oxygen atoms in total. The van der Waals surface area contributed by atoms with Gasteiger partial charge in [-0.05, 0) is 74.2 Å². The Hall–Kier alpha value is -3.68.